The first-order valence-electron chi connectivity index (χ1n) is 4.28. The summed E-state index contributed by atoms with van der Waals surface area (Å²) >= 11 is 0. The maximum absolute atomic E-state index is 5.19. The van der Waals surface area contributed by atoms with E-state index in [1.165, 1.54) is 0 Å². The van der Waals surface area contributed by atoms with Crippen molar-refractivity contribution in [1.29, 1.82) is 0 Å². The third kappa shape index (κ3) is 6.32. The summed E-state index contributed by atoms with van der Waals surface area (Å²) in [6.07, 6.45) is 0.963. The molecule has 0 rings (SSSR count). The normalized spacial score (nSPS) is 12.5. The SMILES string of the molecule is CCC(C)(C)OOCC(C)C. The van der Waals surface area contributed by atoms with Crippen LogP contribution < -0.4 is 0 Å². The van der Waals surface area contributed by atoms with E-state index >= 15 is 0 Å². The Bertz CT molecular complexity index is 97.7. The fourth-order valence-electron chi connectivity index (χ4n) is 0.389. The van der Waals surface area contributed by atoms with E-state index in [2.05, 4.69) is 20.8 Å². The second-order valence-corrected chi connectivity index (χ2v) is 3.87. The minimum absolute atomic E-state index is 0.144. The maximum atomic E-state index is 5.19. The minimum atomic E-state index is -0.144. The van der Waals surface area contributed by atoms with Crippen LogP contribution in [0.2, 0.25) is 0 Å². The van der Waals surface area contributed by atoms with E-state index in [0.29, 0.717) is 12.5 Å². The highest BCUT2D eigenvalue weighted by atomic mass is 17.2. The maximum Gasteiger partial charge on any atom is 0.0977 e. The van der Waals surface area contributed by atoms with E-state index in [1.54, 1.807) is 0 Å². The lowest BCUT2D eigenvalue weighted by molar-refractivity contribution is -0.357. The van der Waals surface area contributed by atoms with Gasteiger partial charge in [0.15, 0.2) is 0 Å². The van der Waals surface area contributed by atoms with Gasteiger partial charge < -0.3 is 0 Å². The van der Waals surface area contributed by atoms with Gasteiger partial charge in [-0.1, -0.05) is 20.8 Å². The first-order valence-corrected chi connectivity index (χ1v) is 4.28. The topological polar surface area (TPSA) is 18.5 Å². The van der Waals surface area contributed by atoms with Crippen LogP contribution in [-0.2, 0) is 9.78 Å². The molecule has 0 fully saturated rings. The minimum Gasteiger partial charge on any atom is -0.236 e. The Kier molecular flexibility index (Phi) is 4.69. The second kappa shape index (κ2) is 4.73. The van der Waals surface area contributed by atoms with Gasteiger partial charge in [-0.3, -0.25) is 0 Å². The summed E-state index contributed by atoms with van der Waals surface area (Å²) in [5.74, 6) is 0.530. The van der Waals surface area contributed by atoms with Crippen molar-refractivity contribution in [1.82, 2.24) is 0 Å². The first kappa shape index (κ1) is 10.9. The Hall–Kier alpha value is -0.0800. The highest BCUT2D eigenvalue weighted by molar-refractivity contribution is 4.61. The summed E-state index contributed by atoms with van der Waals surface area (Å²) < 4.78 is 0. The zero-order chi connectivity index (χ0) is 8.91. The molecule has 0 N–H and O–H groups in total. The van der Waals surface area contributed by atoms with Crippen LogP contribution in [0.4, 0.5) is 0 Å². The van der Waals surface area contributed by atoms with Gasteiger partial charge in [-0.25, -0.2) is 9.78 Å². The summed E-state index contributed by atoms with van der Waals surface area (Å²) in [4.78, 5) is 10.2. The van der Waals surface area contributed by atoms with Crippen LogP contribution in [-0.4, -0.2) is 12.2 Å². The molecule has 0 aromatic rings. The molecule has 0 saturated carbocycles. The quantitative estimate of drug-likeness (QED) is 0.455. The predicted octanol–water partition coefficient (Wildman–Crippen LogP) is 2.78. The van der Waals surface area contributed by atoms with Crippen molar-refractivity contribution >= 4 is 0 Å². The number of rotatable bonds is 5. The van der Waals surface area contributed by atoms with Gasteiger partial charge in [-0.15, -0.1) is 0 Å². The average molecular weight is 160 g/mol. The lowest BCUT2D eigenvalue weighted by Crippen LogP contribution is -2.24. The molecule has 2 nitrogen and oxygen atoms in total. The third-order valence-electron chi connectivity index (χ3n) is 1.54. The summed E-state index contributed by atoms with van der Waals surface area (Å²) in [5.41, 5.74) is -0.144. The van der Waals surface area contributed by atoms with Gasteiger partial charge in [-0.05, 0) is 26.2 Å². The van der Waals surface area contributed by atoms with Crippen molar-refractivity contribution in [3.05, 3.63) is 0 Å². The lowest BCUT2D eigenvalue weighted by atomic mass is 10.1. The van der Waals surface area contributed by atoms with Crippen molar-refractivity contribution in [3.63, 3.8) is 0 Å². The van der Waals surface area contributed by atoms with Crippen LogP contribution >= 0.6 is 0 Å². The molecule has 0 atom stereocenters. The highest BCUT2D eigenvalue weighted by Gasteiger charge is 2.16. The molecule has 0 aliphatic carbocycles. The molecule has 0 aliphatic heterocycles. The average Bonchev–Trinajstić information content (AvgIpc) is 1.87. The molecule has 0 bridgehead atoms. The van der Waals surface area contributed by atoms with Crippen LogP contribution in [0.1, 0.15) is 41.0 Å². The van der Waals surface area contributed by atoms with E-state index in [1.807, 2.05) is 13.8 Å². The highest BCUT2D eigenvalue weighted by Crippen LogP contribution is 2.13. The molecule has 0 aliphatic rings. The fraction of sp³-hybridized carbons (Fsp3) is 1.00. The Labute approximate surface area is 69.8 Å². The molecule has 0 saturated heterocycles. The Morgan fingerprint density at radius 2 is 1.82 bits per heavy atom. The summed E-state index contributed by atoms with van der Waals surface area (Å²) in [7, 11) is 0. The summed E-state index contributed by atoms with van der Waals surface area (Å²) in [6, 6.07) is 0. The summed E-state index contributed by atoms with van der Waals surface area (Å²) in [6.45, 7) is 11.0. The molecular weight excluding hydrogens is 140 g/mol. The number of hydrogen-bond acceptors (Lipinski definition) is 2. The molecular formula is C9H20O2. The Balaban J connectivity index is 3.38. The van der Waals surface area contributed by atoms with Gasteiger partial charge in [0.1, 0.15) is 0 Å². The second-order valence-electron chi connectivity index (χ2n) is 3.87. The largest absolute Gasteiger partial charge is 0.236 e. The molecule has 0 amide bonds. The molecule has 0 spiro atoms. The molecule has 0 heterocycles. The molecule has 68 valence electrons. The predicted molar refractivity (Wildman–Crippen MR) is 46.2 cm³/mol. The van der Waals surface area contributed by atoms with Crippen LogP contribution in [0, 0.1) is 5.92 Å². The summed E-state index contributed by atoms with van der Waals surface area (Å²) in [5, 5.41) is 0. The van der Waals surface area contributed by atoms with Gasteiger partial charge >= 0.3 is 0 Å². The third-order valence-corrected chi connectivity index (χ3v) is 1.54. The van der Waals surface area contributed by atoms with Crippen LogP contribution in [0.5, 0.6) is 0 Å². The van der Waals surface area contributed by atoms with E-state index in [9.17, 15) is 0 Å². The Morgan fingerprint density at radius 3 is 2.18 bits per heavy atom. The van der Waals surface area contributed by atoms with Crippen LogP contribution in [0.25, 0.3) is 0 Å². The Morgan fingerprint density at radius 1 is 1.27 bits per heavy atom. The van der Waals surface area contributed by atoms with Gasteiger partial charge in [-0.2, -0.15) is 0 Å². The molecule has 2 heteroatoms. The number of hydrogen-bond donors (Lipinski definition) is 0. The van der Waals surface area contributed by atoms with Gasteiger partial charge in [0.2, 0.25) is 0 Å². The molecule has 0 unspecified atom stereocenters. The zero-order valence-corrected chi connectivity index (χ0v) is 8.31. The van der Waals surface area contributed by atoms with Crippen LogP contribution in [0.3, 0.4) is 0 Å². The van der Waals surface area contributed by atoms with Crippen molar-refractivity contribution in [2.75, 3.05) is 6.61 Å². The van der Waals surface area contributed by atoms with Crippen molar-refractivity contribution in [2.24, 2.45) is 5.92 Å². The van der Waals surface area contributed by atoms with Crippen molar-refractivity contribution < 1.29 is 9.78 Å². The molecule has 0 aromatic heterocycles. The molecule has 0 radical (unpaired) electrons. The smallest absolute Gasteiger partial charge is 0.0977 e. The van der Waals surface area contributed by atoms with Gasteiger partial charge in [0.05, 0.1) is 12.2 Å². The zero-order valence-electron chi connectivity index (χ0n) is 8.31. The van der Waals surface area contributed by atoms with E-state index in [4.69, 9.17) is 9.78 Å². The standard InChI is InChI=1S/C9H20O2/c1-6-9(4,5)11-10-7-8(2)3/h8H,6-7H2,1-5H3. The van der Waals surface area contributed by atoms with E-state index in [0.717, 1.165) is 6.42 Å². The lowest BCUT2D eigenvalue weighted by Gasteiger charge is -2.21. The van der Waals surface area contributed by atoms with Gasteiger partial charge in [0, 0.05) is 0 Å². The van der Waals surface area contributed by atoms with Crippen molar-refractivity contribution in [2.45, 2.75) is 46.6 Å². The molecule has 11 heavy (non-hydrogen) atoms. The van der Waals surface area contributed by atoms with Crippen molar-refractivity contribution in [3.8, 4) is 0 Å². The van der Waals surface area contributed by atoms with E-state index in [-0.39, 0.29) is 5.60 Å². The monoisotopic (exact) mass is 160 g/mol. The van der Waals surface area contributed by atoms with Gasteiger partial charge in [0.25, 0.3) is 0 Å². The van der Waals surface area contributed by atoms with E-state index < -0.39 is 0 Å². The van der Waals surface area contributed by atoms with Crippen LogP contribution in [0.15, 0.2) is 0 Å². The molecule has 0 aromatic carbocycles. The first-order chi connectivity index (χ1) is 4.98. The fourth-order valence-corrected chi connectivity index (χ4v) is 0.389.